The third kappa shape index (κ3) is 6.64. The van der Waals surface area contributed by atoms with E-state index < -0.39 is 0 Å². The Balaban J connectivity index is 1.42. The summed E-state index contributed by atoms with van der Waals surface area (Å²) in [6, 6.07) is 30.5. The van der Waals surface area contributed by atoms with Gasteiger partial charge in [0.1, 0.15) is 0 Å². The molecule has 0 heterocycles. The number of carbonyl (C=O) groups excluding carboxylic acids is 1. The molecule has 4 aromatic carbocycles. The fourth-order valence-corrected chi connectivity index (χ4v) is 4.44. The Kier molecular flexibility index (Phi) is 8.07. The molecule has 0 saturated heterocycles. The van der Waals surface area contributed by atoms with Crippen LogP contribution in [0.4, 0.5) is 0 Å². The summed E-state index contributed by atoms with van der Waals surface area (Å²) in [6.45, 7) is 2.82. The standard InChI is InChI=1S/C29H32N2O2/c32-29(30-33)13-3-1-2-8-18-31(21-23-14-16-25-9-4-6-11-27(25)19-23)22-24-15-17-26-10-5-7-12-28(26)20-24/h4-7,9-12,14-17,19-20,33H,1-3,8,13,18,21-22H2,(H,30,32). The van der Waals surface area contributed by atoms with E-state index in [0.29, 0.717) is 6.42 Å². The van der Waals surface area contributed by atoms with E-state index in [9.17, 15) is 4.79 Å². The van der Waals surface area contributed by atoms with Crippen molar-refractivity contribution in [2.24, 2.45) is 0 Å². The number of hydroxylamine groups is 1. The molecule has 0 aliphatic rings. The largest absolute Gasteiger partial charge is 0.295 e. The van der Waals surface area contributed by atoms with E-state index in [0.717, 1.165) is 45.3 Å². The first-order valence-corrected chi connectivity index (χ1v) is 11.8. The maximum Gasteiger partial charge on any atom is 0.243 e. The molecule has 2 N–H and O–H groups in total. The lowest BCUT2D eigenvalue weighted by atomic mass is 10.0. The minimum absolute atomic E-state index is 0.302. The number of carbonyl (C=O) groups is 1. The number of hydrogen-bond acceptors (Lipinski definition) is 3. The smallest absolute Gasteiger partial charge is 0.243 e. The van der Waals surface area contributed by atoms with Gasteiger partial charge in [-0.1, -0.05) is 85.6 Å². The number of nitrogens with one attached hydrogen (secondary N) is 1. The van der Waals surface area contributed by atoms with Crippen LogP contribution in [0.2, 0.25) is 0 Å². The molecule has 0 aliphatic heterocycles. The Morgan fingerprint density at radius 2 is 1.18 bits per heavy atom. The third-order valence-electron chi connectivity index (χ3n) is 6.19. The monoisotopic (exact) mass is 440 g/mol. The second kappa shape index (κ2) is 11.6. The number of nitrogens with zero attached hydrogens (tertiary/aromatic N) is 1. The maximum absolute atomic E-state index is 11.2. The van der Waals surface area contributed by atoms with Crippen molar-refractivity contribution in [3.63, 3.8) is 0 Å². The summed E-state index contributed by atoms with van der Waals surface area (Å²) < 4.78 is 0. The van der Waals surface area contributed by atoms with E-state index in [2.05, 4.69) is 89.8 Å². The fourth-order valence-electron chi connectivity index (χ4n) is 4.44. The lowest BCUT2D eigenvalue weighted by Gasteiger charge is -2.23. The van der Waals surface area contributed by atoms with Crippen molar-refractivity contribution in [2.45, 2.75) is 45.2 Å². The van der Waals surface area contributed by atoms with Crippen molar-refractivity contribution in [3.05, 3.63) is 96.1 Å². The third-order valence-corrected chi connectivity index (χ3v) is 6.19. The first-order valence-electron chi connectivity index (χ1n) is 11.8. The molecule has 170 valence electrons. The topological polar surface area (TPSA) is 52.6 Å². The van der Waals surface area contributed by atoms with E-state index in [-0.39, 0.29) is 5.91 Å². The Labute approximate surface area is 195 Å². The van der Waals surface area contributed by atoms with Gasteiger partial charge in [0.25, 0.3) is 0 Å². The van der Waals surface area contributed by atoms with Gasteiger partial charge in [-0.3, -0.25) is 14.9 Å². The molecule has 0 bridgehead atoms. The minimum atomic E-state index is -0.302. The molecule has 4 nitrogen and oxygen atoms in total. The molecule has 4 aromatic rings. The SMILES string of the molecule is O=C(CCCCCCN(Cc1ccc2ccccc2c1)Cc1ccc2ccccc2c1)NO. The molecule has 0 saturated carbocycles. The molecule has 0 fully saturated rings. The highest BCUT2D eigenvalue weighted by atomic mass is 16.5. The number of fused-ring (bicyclic) bond motifs is 2. The van der Waals surface area contributed by atoms with Gasteiger partial charge >= 0.3 is 0 Å². The van der Waals surface area contributed by atoms with Crippen LogP contribution in [0.1, 0.15) is 43.2 Å². The van der Waals surface area contributed by atoms with Crippen LogP contribution in [0.25, 0.3) is 21.5 Å². The van der Waals surface area contributed by atoms with Crippen LogP contribution in [-0.4, -0.2) is 22.6 Å². The zero-order chi connectivity index (χ0) is 22.9. The highest BCUT2D eigenvalue weighted by Crippen LogP contribution is 2.20. The highest BCUT2D eigenvalue weighted by molar-refractivity contribution is 5.83. The quantitative estimate of drug-likeness (QED) is 0.160. The lowest BCUT2D eigenvalue weighted by Crippen LogP contribution is -2.24. The lowest BCUT2D eigenvalue weighted by molar-refractivity contribution is -0.129. The van der Waals surface area contributed by atoms with E-state index in [1.165, 1.54) is 32.7 Å². The first-order chi connectivity index (χ1) is 16.2. The Morgan fingerprint density at radius 3 is 1.73 bits per heavy atom. The summed E-state index contributed by atoms with van der Waals surface area (Å²) in [4.78, 5) is 13.7. The molecule has 0 aliphatic carbocycles. The second-order valence-electron chi connectivity index (χ2n) is 8.77. The van der Waals surface area contributed by atoms with Gasteiger partial charge in [-0.25, -0.2) is 5.48 Å². The predicted molar refractivity (Wildman–Crippen MR) is 135 cm³/mol. The van der Waals surface area contributed by atoms with Crippen molar-refractivity contribution < 1.29 is 10.0 Å². The van der Waals surface area contributed by atoms with E-state index in [1.807, 2.05) is 0 Å². The van der Waals surface area contributed by atoms with Gasteiger partial charge in [-0.05, 0) is 64.2 Å². The predicted octanol–water partition coefficient (Wildman–Crippen LogP) is 6.45. The zero-order valence-electron chi connectivity index (χ0n) is 19.0. The molecule has 0 atom stereocenters. The van der Waals surface area contributed by atoms with Crippen molar-refractivity contribution >= 4 is 27.5 Å². The van der Waals surface area contributed by atoms with Gasteiger partial charge in [-0.15, -0.1) is 0 Å². The first kappa shape index (κ1) is 23.0. The molecule has 0 radical (unpaired) electrons. The van der Waals surface area contributed by atoms with Gasteiger partial charge in [-0.2, -0.15) is 0 Å². The summed E-state index contributed by atoms with van der Waals surface area (Å²) in [5.74, 6) is -0.302. The minimum Gasteiger partial charge on any atom is -0.295 e. The Morgan fingerprint density at radius 1 is 0.667 bits per heavy atom. The fraction of sp³-hybridized carbons (Fsp3) is 0.276. The second-order valence-corrected chi connectivity index (χ2v) is 8.77. The van der Waals surface area contributed by atoms with Gasteiger partial charge in [0, 0.05) is 19.5 Å². The number of amides is 1. The van der Waals surface area contributed by atoms with Crippen LogP contribution in [-0.2, 0) is 17.9 Å². The maximum atomic E-state index is 11.2. The number of rotatable bonds is 11. The normalized spacial score (nSPS) is 11.3. The van der Waals surface area contributed by atoms with Crippen LogP contribution in [0, 0.1) is 0 Å². The van der Waals surface area contributed by atoms with Crippen LogP contribution in [0.15, 0.2) is 84.9 Å². The Hall–Kier alpha value is -3.21. The van der Waals surface area contributed by atoms with Gasteiger partial charge < -0.3 is 0 Å². The zero-order valence-corrected chi connectivity index (χ0v) is 19.0. The molecular formula is C29H32N2O2. The summed E-state index contributed by atoms with van der Waals surface area (Å²) in [5, 5.41) is 13.7. The molecule has 0 spiro atoms. The van der Waals surface area contributed by atoms with Crippen LogP contribution in [0.3, 0.4) is 0 Å². The average molecular weight is 441 g/mol. The van der Waals surface area contributed by atoms with Crippen molar-refractivity contribution in [1.82, 2.24) is 10.4 Å². The Bertz CT molecular complexity index is 1120. The summed E-state index contributed by atoms with van der Waals surface area (Å²) in [5.41, 5.74) is 4.36. The van der Waals surface area contributed by atoms with Gasteiger partial charge in [0.2, 0.25) is 5.91 Å². The highest BCUT2D eigenvalue weighted by Gasteiger charge is 2.09. The number of hydrogen-bond donors (Lipinski definition) is 2. The average Bonchev–Trinajstić information content (AvgIpc) is 2.85. The molecule has 33 heavy (non-hydrogen) atoms. The summed E-state index contributed by atoms with van der Waals surface area (Å²) in [7, 11) is 0. The van der Waals surface area contributed by atoms with Crippen molar-refractivity contribution in [1.29, 1.82) is 0 Å². The number of unbranched alkanes of at least 4 members (excludes halogenated alkanes) is 3. The summed E-state index contributed by atoms with van der Waals surface area (Å²) in [6.07, 6.45) is 4.34. The summed E-state index contributed by atoms with van der Waals surface area (Å²) >= 11 is 0. The van der Waals surface area contributed by atoms with E-state index in [4.69, 9.17) is 5.21 Å². The van der Waals surface area contributed by atoms with Crippen molar-refractivity contribution in [2.75, 3.05) is 6.54 Å². The van der Waals surface area contributed by atoms with E-state index in [1.54, 1.807) is 5.48 Å². The van der Waals surface area contributed by atoms with Crippen LogP contribution in [0.5, 0.6) is 0 Å². The molecule has 1 amide bonds. The molecule has 4 heteroatoms. The van der Waals surface area contributed by atoms with Crippen LogP contribution >= 0.6 is 0 Å². The van der Waals surface area contributed by atoms with Gasteiger partial charge in [0.15, 0.2) is 0 Å². The molecule has 0 unspecified atom stereocenters. The van der Waals surface area contributed by atoms with E-state index >= 15 is 0 Å². The molecule has 0 aromatic heterocycles. The molecular weight excluding hydrogens is 408 g/mol. The van der Waals surface area contributed by atoms with Crippen molar-refractivity contribution in [3.8, 4) is 0 Å². The number of benzene rings is 4. The van der Waals surface area contributed by atoms with Crippen LogP contribution < -0.4 is 5.48 Å². The van der Waals surface area contributed by atoms with Gasteiger partial charge in [0.05, 0.1) is 0 Å². The molecule has 4 rings (SSSR count).